The van der Waals surface area contributed by atoms with E-state index < -0.39 is 24.1 Å². The summed E-state index contributed by atoms with van der Waals surface area (Å²) in [5.41, 5.74) is 0.836. The second-order valence-electron chi connectivity index (χ2n) is 4.95. The Morgan fingerprint density at radius 3 is 2.41 bits per heavy atom. The second kappa shape index (κ2) is 7.09. The lowest BCUT2D eigenvalue weighted by atomic mass is 10.0. The molecule has 1 aromatic rings. The molecule has 1 N–H and O–H groups in total. The molecule has 0 bridgehead atoms. The van der Waals surface area contributed by atoms with Crippen LogP contribution in [0.1, 0.15) is 25.5 Å². The lowest BCUT2D eigenvalue weighted by Gasteiger charge is -2.31. The number of rotatable bonds is 4. The number of esters is 2. The number of hydrogen-bond donors (Lipinski definition) is 1. The summed E-state index contributed by atoms with van der Waals surface area (Å²) >= 11 is 0. The molecule has 2 rings (SSSR count). The molecule has 0 aliphatic carbocycles. The number of benzene rings is 1. The first-order chi connectivity index (χ1) is 10.5. The zero-order valence-corrected chi connectivity index (χ0v) is 12.4. The summed E-state index contributed by atoms with van der Waals surface area (Å²) in [5, 5.41) is 9.32. The van der Waals surface area contributed by atoms with Gasteiger partial charge in [-0.1, -0.05) is 18.2 Å². The van der Waals surface area contributed by atoms with Gasteiger partial charge in [0.1, 0.15) is 30.7 Å². The Kier molecular flexibility index (Phi) is 5.16. The van der Waals surface area contributed by atoms with E-state index >= 15 is 0 Å². The van der Waals surface area contributed by atoms with Gasteiger partial charge in [-0.25, -0.2) is 0 Å². The summed E-state index contributed by atoms with van der Waals surface area (Å²) in [6.45, 7) is 2.60. The van der Waals surface area contributed by atoms with Gasteiger partial charge in [-0.3, -0.25) is 9.59 Å². The van der Waals surface area contributed by atoms with Crippen molar-refractivity contribution in [2.24, 2.45) is 0 Å². The van der Waals surface area contributed by atoms with Gasteiger partial charge in [0.25, 0.3) is 0 Å². The van der Waals surface area contributed by atoms with Crippen LogP contribution in [-0.4, -0.2) is 35.9 Å². The molecule has 1 aromatic carbocycles. The van der Waals surface area contributed by atoms with Crippen molar-refractivity contribution < 1.29 is 28.9 Å². The van der Waals surface area contributed by atoms with Crippen LogP contribution in [0.2, 0.25) is 0 Å². The molecule has 22 heavy (non-hydrogen) atoms. The molecule has 0 amide bonds. The summed E-state index contributed by atoms with van der Waals surface area (Å²) < 4.78 is 16.0. The van der Waals surface area contributed by atoms with Crippen molar-refractivity contribution in [3.8, 4) is 5.75 Å². The quantitative estimate of drug-likeness (QED) is 0.675. The fourth-order valence-corrected chi connectivity index (χ4v) is 2.14. The lowest BCUT2D eigenvalue weighted by molar-refractivity contribution is -0.163. The molecule has 0 saturated carbocycles. The van der Waals surface area contributed by atoms with E-state index in [0.29, 0.717) is 0 Å². The molecule has 0 saturated heterocycles. The SMILES string of the molecule is CC(=O)OCC1OC(c2ccc(O)cc2)C=CC1OC(C)=O. The minimum Gasteiger partial charge on any atom is -0.508 e. The Hall–Kier alpha value is -2.34. The Bertz CT molecular complexity index is 563. The Morgan fingerprint density at radius 2 is 1.82 bits per heavy atom. The maximum absolute atomic E-state index is 11.1. The smallest absolute Gasteiger partial charge is 0.303 e. The first kappa shape index (κ1) is 16.0. The summed E-state index contributed by atoms with van der Waals surface area (Å²) in [4.78, 5) is 22.1. The summed E-state index contributed by atoms with van der Waals surface area (Å²) in [7, 11) is 0. The second-order valence-corrected chi connectivity index (χ2v) is 4.95. The van der Waals surface area contributed by atoms with E-state index in [1.165, 1.54) is 13.8 Å². The van der Waals surface area contributed by atoms with E-state index in [1.807, 2.05) is 0 Å². The van der Waals surface area contributed by atoms with Gasteiger partial charge in [-0.05, 0) is 23.8 Å². The van der Waals surface area contributed by atoms with Crippen LogP contribution in [0.5, 0.6) is 5.75 Å². The molecule has 0 radical (unpaired) electrons. The van der Waals surface area contributed by atoms with Crippen LogP contribution in [0.25, 0.3) is 0 Å². The maximum atomic E-state index is 11.1. The van der Waals surface area contributed by atoms with Crippen molar-refractivity contribution in [1.82, 2.24) is 0 Å². The minimum atomic E-state index is -0.606. The molecule has 6 heteroatoms. The van der Waals surface area contributed by atoms with Crippen LogP contribution in [-0.2, 0) is 23.8 Å². The minimum absolute atomic E-state index is 0.00773. The standard InChI is InChI=1S/C16H18O6/c1-10(17)20-9-16-15(21-11(2)18)8-7-14(22-16)12-3-5-13(19)6-4-12/h3-8,14-16,19H,9H2,1-2H3. The molecular weight excluding hydrogens is 288 g/mol. The molecule has 0 spiro atoms. The highest BCUT2D eigenvalue weighted by Gasteiger charge is 2.31. The molecule has 1 heterocycles. The van der Waals surface area contributed by atoms with Gasteiger partial charge in [0.05, 0.1) is 0 Å². The van der Waals surface area contributed by atoms with Gasteiger partial charge in [0.15, 0.2) is 0 Å². The highest BCUT2D eigenvalue weighted by atomic mass is 16.6. The van der Waals surface area contributed by atoms with E-state index in [9.17, 15) is 14.7 Å². The lowest BCUT2D eigenvalue weighted by Crippen LogP contribution is -2.39. The number of phenols is 1. The van der Waals surface area contributed by atoms with Gasteiger partial charge in [-0.15, -0.1) is 0 Å². The number of phenolic OH excluding ortho intramolecular Hbond substituents is 1. The zero-order valence-electron chi connectivity index (χ0n) is 12.4. The maximum Gasteiger partial charge on any atom is 0.303 e. The van der Waals surface area contributed by atoms with Crippen molar-refractivity contribution >= 4 is 11.9 Å². The van der Waals surface area contributed by atoms with Crippen molar-refractivity contribution in [2.75, 3.05) is 6.61 Å². The largest absolute Gasteiger partial charge is 0.508 e. The predicted octanol–water partition coefficient (Wildman–Crippen LogP) is 1.88. The Labute approximate surface area is 128 Å². The molecule has 3 atom stereocenters. The van der Waals surface area contributed by atoms with Crippen molar-refractivity contribution in [1.29, 1.82) is 0 Å². The third-order valence-corrected chi connectivity index (χ3v) is 3.14. The first-order valence-corrected chi connectivity index (χ1v) is 6.89. The molecule has 0 fully saturated rings. The zero-order chi connectivity index (χ0) is 16.1. The number of hydrogen-bond acceptors (Lipinski definition) is 6. The van der Waals surface area contributed by atoms with E-state index in [4.69, 9.17) is 14.2 Å². The van der Waals surface area contributed by atoms with Crippen molar-refractivity contribution in [3.63, 3.8) is 0 Å². The van der Waals surface area contributed by atoms with E-state index in [2.05, 4.69) is 0 Å². The molecule has 118 valence electrons. The monoisotopic (exact) mass is 306 g/mol. The average Bonchev–Trinajstić information content (AvgIpc) is 2.46. The van der Waals surface area contributed by atoms with E-state index in [-0.39, 0.29) is 18.5 Å². The summed E-state index contributed by atoms with van der Waals surface area (Å²) in [6, 6.07) is 6.59. The molecule has 6 nitrogen and oxygen atoms in total. The van der Waals surface area contributed by atoms with Crippen LogP contribution in [0.4, 0.5) is 0 Å². The average molecular weight is 306 g/mol. The van der Waals surface area contributed by atoms with Gasteiger partial charge in [-0.2, -0.15) is 0 Å². The highest BCUT2D eigenvalue weighted by Crippen LogP contribution is 2.28. The van der Waals surface area contributed by atoms with Crippen LogP contribution < -0.4 is 0 Å². The van der Waals surface area contributed by atoms with Gasteiger partial charge in [0, 0.05) is 13.8 Å². The Balaban J connectivity index is 2.13. The summed E-state index contributed by atoms with van der Waals surface area (Å²) in [6.07, 6.45) is 1.93. The fourth-order valence-electron chi connectivity index (χ4n) is 2.14. The summed E-state index contributed by atoms with van der Waals surface area (Å²) in [5.74, 6) is -0.701. The molecular formula is C16H18O6. The molecule has 0 aromatic heterocycles. The normalized spacial score (nSPS) is 23.8. The van der Waals surface area contributed by atoms with Gasteiger partial charge >= 0.3 is 11.9 Å². The number of carbonyl (C=O) groups excluding carboxylic acids is 2. The fraction of sp³-hybridized carbons (Fsp3) is 0.375. The Morgan fingerprint density at radius 1 is 1.14 bits per heavy atom. The van der Waals surface area contributed by atoms with E-state index in [0.717, 1.165) is 5.56 Å². The first-order valence-electron chi connectivity index (χ1n) is 6.89. The van der Waals surface area contributed by atoms with Crippen LogP contribution in [0.15, 0.2) is 36.4 Å². The molecule has 1 aliphatic rings. The number of carbonyl (C=O) groups is 2. The van der Waals surface area contributed by atoms with Crippen LogP contribution in [0, 0.1) is 0 Å². The van der Waals surface area contributed by atoms with Crippen LogP contribution >= 0.6 is 0 Å². The highest BCUT2D eigenvalue weighted by molar-refractivity contribution is 5.66. The molecule has 3 unspecified atom stereocenters. The third-order valence-electron chi connectivity index (χ3n) is 3.14. The molecule has 1 aliphatic heterocycles. The predicted molar refractivity (Wildman–Crippen MR) is 77.0 cm³/mol. The topological polar surface area (TPSA) is 82.1 Å². The van der Waals surface area contributed by atoms with Crippen molar-refractivity contribution in [3.05, 3.63) is 42.0 Å². The van der Waals surface area contributed by atoms with Crippen molar-refractivity contribution in [2.45, 2.75) is 32.2 Å². The van der Waals surface area contributed by atoms with E-state index in [1.54, 1.807) is 36.4 Å². The number of aromatic hydroxyl groups is 1. The third kappa shape index (κ3) is 4.33. The van der Waals surface area contributed by atoms with Crippen LogP contribution in [0.3, 0.4) is 0 Å². The number of ether oxygens (including phenoxy) is 3. The van der Waals surface area contributed by atoms with Gasteiger partial charge < -0.3 is 19.3 Å². The van der Waals surface area contributed by atoms with Gasteiger partial charge in [0.2, 0.25) is 0 Å².